The number of fused-ring (bicyclic) bond motifs is 1. The molecule has 35 heavy (non-hydrogen) atoms. The van der Waals surface area contributed by atoms with Gasteiger partial charge in [0.1, 0.15) is 11.6 Å². The van der Waals surface area contributed by atoms with Crippen molar-refractivity contribution in [1.29, 1.82) is 0 Å². The molecule has 0 saturated heterocycles. The summed E-state index contributed by atoms with van der Waals surface area (Å²) in [6.07, 6.45) is 0.686. The third kappa shape index (κ3) is 5.43. The zero-order valence-electron chi connectivity index (χ0n) is 20.6. The highest BCUT2D eigenvalue weighted by Gasteiger charge is 2.32. The largest absolute Gasteiger partial charge is 0.330 e. The summed E-state index contributed by atoms with van der Waals surface area (Å²) in [5.41, 5.74) is 10.3. The Hall–Kier alpha value is -3.51. The van der Waals surface area contributed by atoms with Crippen molar-refractivity contribution in [2.75, 3.05) is 13.1 Å². The van der Waals surface area contributed by atoms with Crippen molar-refractivity contribution in [3.63, 3.8) is 0 Å². The van der Waals surface area contributed by atoms with Crippen LogP contribution in [-0.2, 0) is 6.54 Å². The van der Waals surface area contributed by atoms with E-state index in [1.165, 1.54) is 6.07 Å². The third-order valence-corrected chi connectivity index (χ3v) is 6.28. The van der Waals surface area contributed by atoms with Gasteiger partial charge in [-0.1, -0.05) is 50.2 Å². The number of nitrogens with two attached hydrogens (primary N) is 1. The number of aryl methyl sites for hydroxylation is 1. The summed E-state index contributed by atoms with van der Waals surface area (Å²) in [6, 6.07) is 21.9. The molecule has 0 radical (unpaired) electrons. The fourth-order valence-corrected chi connectivity index (χ4v) is 4.64. The maximum atomic E-state index is 14.0. The molecule has 1 atom stereocenters. The fourth-order valence-electron chi connectivity index (χ4n) is 4.64. The lowest BCUT2D eigenvalue weighted by Gasteiger charge is -2.34. The number of carbonyl (C=O) groups excluding carboxylic acids is 1. The van der Waals surface area contributed by atoms with E-state index in [-0.39, 0.29) is 23.7 Å². The SMILES string of the molecule is Cc1ccc2c(c1)nc(C(C(C)C)N(CCCN)C(=O)c1ccccc1)n2Cc1cccc(F)c1. The van der Waals surface area contributed by atoms with E-state index in [0.29, 0.717) is 31.6 Å². The summed E-state index contributed by atoms with van der Waals surface area (Å²) >= 11 is 0. The van der Waals surface area contributed by atoms with Crippen LogP contribution in [-0.4, -0.2) is 33.4 Å². The predicted molar refractivity (Wildman–Crippen MR) is 139 cm³/mol. The van der Waals surface area contributed by atoms with Crippen LogP contribution >= 0.6 is 0 Å². The average Bonchev–Trinajstić information content (AvgIpc) is 3.18. The number of nitrogens with zero attached hydrogens (tertiary/aromatic N) is 3. The highest BCUT2D eigenvalue weighted by molar-refractivity contribution is 5.94. The van der Waals surface area contributed by atoms with Gasteiger partial charge in [-0.3, -0.25) is 4.79 Å². The van der Waals surface area contributed by atoms with Gasteiger partial charge < -0.3 is 15.2 Å². The van der Waals surface area contributed by atoms with Crippen molar-refractivity contribution >= 4 is 16.9 Å². The quantitative estimate of drug-likeness (QED) is 0.339. The molecule has 0 aliphatic heterocycles. The first-order valence-corrected chi connectivity index (χ1v) is 12.2. The van der Waals surface area contributed by atoms with Gasteiger partial charge in [-0.15, -0.1) is 0 Å². The van der Waals surface area contributed by atoms with E-state index in [2.05, 4.69) is 36.6 Å². The van der Waals surface area contributed by atoms with Crippen LogP contribution in [0.4, 0.5) is 4.39 Å². The molecule has 5 nitrogen and oxygen atoms in total. The van der Waals surface area contributed by atoms with E-state index in [0.717, 1.165) is 28.0 Å². The van der Waals surface area contributed by atoms with Crippen molar-refractivity contribution in [1.82, 2.24) is 14.5 Å². The molecule has 4 rings (SSSR count). The number of carbonyl (C=O) groups is 1. The lowest BCUT2D eigenvalue weighted by atomic mass is 9.99. The first kappa shape index (κ1) is 24.6. The summed E-state index contributed by atoms with van der Waals surface area (Å²) < 4.78 is 16.1. The number of hydrogen-bond donors (Lipinski definition) is 1. The maximum absolute atomic E-state index is 14.0. The number of rotatable bonds is 9. The van der Waals surface area contributed by atoms with E-state index in [1.807, 2.05) is 48.2 Å². The van der Waals surface area contributed by atoms with Gasteiger partial charge in [-0.25, -0.2) is 9.37 Å². The second-order valence-electron chi connectivity index (χ2n) is 9.37. The number of halogens is 1. The minimum Gasteiger partial charge on any atom is -0.330 e. The Bertz CT molecular complexity index is 1300. The van der Waals surface area contributed by atoms with Crippen LogP contribution in [0.25, 0.3) is 11.0 Å². The smallest absolute Gasteiger partial charge is 0.254 e. The van der Waals surface area contributed by atoms with Crippen LogP contribution in [0.2, 0.25) is 0 Å². The molecule has 3 aromatic carbocycles. The summed E-state index contributed by atoms with van der Waals surface area (Å²) in [7, 11) is 0. The molecule has 182 valence electrons. The first-order chi connectivity index (χ1) is 16.9. The second-order valence-corrected chi connectivity index (χ2v) is 9.37. The normalized spacial score (nSPS) is 12.3. The van der Waals surface area contributed by atoms with Gasteiger partial charge >= 0.3 is 0 Å². The number of amides is 1. The van der Waals surface area contributed by atoms with Crippen LogP contribution in [0, 0.1) is 18.7 Å². The van der Waals surface area contributed by atoms with E-state index >= 15 is 0 Å². The predicted octanol–water partition coefficient (Wildman–Crippen LogP) is 5.72. The standard InChI is InChI=1S/C29H33FN4O/c1-20(2)27(33(16-8-15-31)29(35)23-10-5-4-6-11-23)28-32-25-17-21(3)13-14-26(25)34(28)19-22-9-7-12-24(30)18-22/h4-7,9-14,17-18,20,27H,8,15-16,19,31H2,1-3H3. The Labute approximate surface area is 206 Å². The van der Waals surface area contributed by atoms with Gasteiger partial charge in [0, 0.05) is 18.7 Å². The third-order valence-electron chi connectivity index (χ3n) is 6.28. The number of aromatic nitrogens is 2. The topological polar surface area (TPSA) is 64.2 Å². The Morgan fingerprint density at radius 2 is 1.83 bits per heavy atom. The molecule has 0 fully saturated rings. The minimum absolute atomic E-state index is 0.0432. The maximum Gasteiger partial charge on any atom is 0.254 e. The van der Waals surface area contributed by atoms with Crippen molar-refractivity contribution in [3.05, 3.63) is 101 Å². The summed E-state index contributed by atoms with van der Waals surface area (Å²) in [6.45, 7) is 7.72. The fraction of sp³-hybridized carbons (Fsp3) is 0.310. The van der Waals surface area contributed by atoms with Crippen LogP contribution in [0.15, 0.2) is 72.8 Å². The molecule has 1 aromatic heterocycles. The highest BCUT2D eigenvalue weighted by atomic mass is 19.1. The molecule has 2 N–H and O–H groups in total. The summed E-state index contributed by atoms with van der Waals surface area (Å²) in [5.74, 6) is 0.572. The highest BCUT2D eigenvalue weighted by Crippen LogP contribution is 2.33. The summed E-state index contributed by atoms with van der Waals surface area (Å²) in [4.78, 5) is 20.7. The molecule has 4 aromatic rings. The summed E-state index contributed by atoms with van der Waals surface area (Å²) in [5, 5.41) is 0. The zero-order chi connectivity index (χ0) is 24.9. The Kier molecular flexibility index (Phi) is 7.61. The van der Waals surface area contributed by atoms with Gasteiger partial charge in [0.15, 0.2) is 0 Å². The van der Waals surface area contributed by atoms with Gasteiger partial charge in [0.05, 0.1) is 17.1 Å². The molecule has 1 unspecified atom stereocenters. The molecule has 0 aliphatic rings. The van der Waals surface area contributed by atoms with Crippen molar-refractivity contribution in [2.24, 2.45) is 11.7 Å². The molecule has 1 heterocycles. The first-order valence-electron chi connectivity index (χ1n) is 12.2. The Morgan fingerprint density at radius 3 is 2.51 bits per heavy atom. The Morgan fingerprint density at radius 1 is 1.06 bits per heavy atom. The van der Waals surface area contributed by atoms with Gasteiger partial charge in [0.2, 0.25) is 0 Å². The van der Waals surface area contributed by atoms with Crippen molar-refractivity contribution in [2.45, 2.75) is 39.8 Å². The van der Waals surface area contributed by atoms with Crippen molar-refractivity contribution in [3.8, 4) is 0 Å². The zero-order valence-corrected chi connectivity index (χ0v) is 20.6. The van der Waals surface area contributed by atoms with Gasteiger partial charge in [-0.2, -0.15) is 0 Å². The van der Waals surface area contributed by atoms with E-state index in [9.17, 15) is 9.18 Å². The van der Waals surface area contributed by atoms with Crippen LogP contribution in [0.3, 0.4) is 0 Å². The molecule has 0 spiro atoms. The van der Waals surface area contributed by atoms with Gasteiger partial charge in [-0.05, 0) is 73.3 Å². The number of benzene rings is 3. The van der Waals surface area contributed by atoms with Crippen LogP contribution < -0.4 is 5.73 Å². The number of imidazole rings is 1. The molecule has 0 saturated carbocycles. The molecule has 0 bridgehead atoms. The Balaban J connectivity index is 1.87. The molecular weight excluding hydrogens is 439 g/mol. The lowest BCUT2D eigenvalue weighted by Crippen LogP contribution is -2.40. The monoisotopic (exact) mass is 472 g/mol. The molecular formula is C29H33FN4O. The molecule has 0 aliphatic carbocycles. The van der Waals surface area contributed by atoms with Gasteiger partial charge in [0.25, 0.3) is 5.91 Å². The van der Waals surface area contributed by atoms with Crippen LogP contribution in [0.5, 0.6) is 0 Å². The van der Waals surface area contributed by atoms with E-state index in [4.69, 9.17) is 10.7 Å². The lowest BCUT2D eigenvalue weighted by molar-refractivity contribution is 0.0605. The van der Waals surface area contributed by atoms with Crippen LogP contribution in [0.1, 0.15) is 53.6 Å². The number of hydrogen-bond acceptors (Lipinski definition) is 3. The molecule has 6 heteroatoms. The molecule has 1 amide bonds. The minimum atomic E-state index is -0.282. The average molecular weight is 473 g/mol. The second kappa shape index (κ2) is 10.8. The van der Waals surface area contributed by atoms with E-state index < -0.39 is 0 Å². The van der Waals surface area contributed by atoms with Crippen molar-refractivity contribution < 1.29 is 9.18 Å². The van der Waals surface area contributed by atoms with E-state index in [1.54, 1.807) is 12.1 Å².